The highest BCUT2D eigenvalue weighted by atomic mass is 127. The Morgan fingerprint density at radius 3 is 2.62 bits per heavy atom. The van der Waals surface area contributed by atoms with Gasteiger partial charge in [-0.2, -0.15) is 5.10 Å². The van der Waals surface area contributed by atoms with Crippen molar-refractivity contribution in [2.24, 2.45) is 5.10 Å². The van der Waals surface area contributed by atoms with Crippen LogP contribution >= 0.6 is 45.2 Å². The number of rotatable bonds is 3. The van der Waals surface area contributed by atoms with Crippen molar-refractivity contribution in [3.05, 3.63) is 49.1 Å². The minimum atomic E-state index is -0.753. The number of halogens is 2. The maximum atomic E-state index is 12.1. The van der Waals surface area contributed by atoms with Crippen molar-refractivity contribution in [3.63, 3.8) is 0 Å². The number of fused-ring (bicyclic) bond motifs is 1. The van der Waals surface area contributed by atoms with Crippen molar-refractivity contribution in [2.75, 3.05) is 6.61 Å². The summed E-state index contributed by atoms with van der Waals surface area (Å²) in [5.74, 6) is 1.02. The second-order valence-electron chi connectivity index (χ2n) is 4.93. The smallest absolute Gasteiger partial charge is 0.284 e. The second kappa shape index (κ2) is 7.55. The average Bonchev–Trinajstić information content (AvgIpc) is 2.59. The summed E-state index contributed by atoms with van der Waals surface area (Å²) in [5.41, 5.74) is 3.21. The van der Waals surface area contributed by atoms with E-state index in [4.69, 9.17) is 9.47 Å². The van der Waals surface area contributed by atoms with E-state index in [0.717, 1.165) is 5.56 Å². The number of nitrogens with zero attached hydrogens (tertiary/aromatic N) is 1. The third-order valence-electron chi connectivity index (χ3n) is 3.23. The molecule has 6 nitrogen and oxygen atoms in total. The molecule has 1 amide bonds. The number of nitrogens with one attached hydrogen (secondary N) is 1. The summed E-state index contributed by atoms with van der Waals surface area (Å²) < 4.78 is 12.5. The van der Waals surface area contributed by atoms with Crippen LogP contribution in [0.25, 0.3) is 0 Å². The van der Waals surface area contributed by atoms with Crippen molar-refractivity contribution in [3.8, 4) is 17.2 Å². The third kappa shape index (κ3) is 3.91. The number of phenolic OH excluding ortho intramolecular Hbond substituents is 1. The largest absolute Gasteiger partial charge is 0.506 e. The molecule has 0 aliphatic carbocycles. The van der Waals surface area contributed by atoms with E-state index < -0.39 is 6.10 Å². The van der Waals surface area contributed by atoms with Gasteiger partial charge in [0, 0.05) is 0 Å². The Hall–Kier alpha value is -1.56. The number of hydrogen-bond donors (Lipinski definition) is 2. The van der Waals surface area contributed by atoms with Crippen LogP contribution in [0.15, 0.2) is 41.5 Å². The van der Waals surface area contributed by atoms with Crippen molar-refractivity contribution >= 4 is 57.3 Å². The fourth-order valence-electron chi connectivity index (χ4n) is 2.05. The monoisotopic (exact) mass is 550 g/mol. The lowest BCUT2D eigenvalue weighted by Gasteiger charge is -2.24. The van der Waals surface area contributed by atoms with Gasteiger partial charge in [-0.05, 0) is 75.0 Å². The number of amides is 1. The highest BCUT2D eigenvalue weighted by Crippen LogP contribution is 2.31. The number of para-hydroxylation sites is 2. The van der Waals surface area contributed by atoms with E-state index in [1.807, 2.05) is 57.3 Å². The number of hydrogen-bond acceptors (Lipinski definition) is 5. The first-order chi connectivity index (χ1) is 11.5. The van der Waals surface area contributed by atoms with Crippen molar-refractivity contribution < 1.29 is 19.4 Å². The number of hydrazone groups is 1. The van der Waals surface area contributed by atoms with Gasteiger partial charge in [0.25, 0.3) is 5.91 Å². The first-order valence-corrected chi connectivity index (χ1v) is 9.10. The molecule has 3 rings (SSSR count). The Morgan fingerprint density at radius 1 is 1.25 bits per heavy atom. The van der Waals surface area contributed by atoms with E-state index in [0.29, 0.717) is 18.6 Å². The van der Waals surface area contributed by atoms with Crippen LogP contribution in [0, 0.1) is 7.14 Å². The van der Waals surface area contributed by atoms with E-state index in [9.17, 15) is 9.90 Å². The van der Waals surface area contributed by atoms with Gasteiger partial charge in [-0.15, -0.1) is 0 Å². The molecular formula is C16H12I2N2O4. The van der Waals surface area contributed by atoms with Gasteiger partial charge in [0.2, 0.25) is 6.10 Å². The van der Waals surface area contributed by atoms with Crippen LogP contribution < -0.4 is 14.9 Å². The Bertz CT molecular complexity index is 787. The highest BCUT2D eigenvalue weighted by molar-refractivity contribution is 14.1. The lowest BCUT2D eigenvalue weighted by molar-refractivity contribution is -0.130. The zero-order valence-electron chi connectivity index (χ0n) is 12.2. The topological polar surface area (TPSA) is 80.2 Å². The molecule has 1 aliphatic heterocycles. The van der Waals surface area contributed by atoms with Crippen LogP contribution in [0.2, 0.25) is 0 Å². The molecular weight excluding hydrogens is 538 g/mol. The van der Waals surface area contributed by atoms with E-state index >= 15 is 0 Å². The molecule has 0 saturated carbocycles. The van der Waals surface area contributed by atoms with Crippen LogP contribution in [0.5, 0.6) is 17.2 Å². The first kappa shape index (κ1) is 17.3. The molecule has 124 valence electrons. The minimum Gasteiger partial charge on any atom is -0.506 e. The summed E-state index contributed by atoms with van der Waals surface area (Å²) in [6, 6.07) is 10.7. The fourth-order valence-corrected chi connectivity index (χ4v) is 3.87. The van der Waals surface area contributed by atoms with Crippen LogP contribution in [0.3, 0.4) is 0 Å². The molecule has 2 aromatic carbocycles. The Balaban J connectivity index is 1.62. The maximum absolute atomic E-state index is 12.1. The maximum Gasteiger partial charge on any atom is 0.284 e. The van der Waals surface area contributed by atoms with Crippen molar-refractivity contribution in [1.82, 2.24) is 5.43 Å². The van der Waals surface area contributed by atoms with E-state index in [1.165, 1.54) is 6.21 Å². The summed E-state index contributed by atoms with van der Waals surface area (Å²) in [6.07, 6.45) is 0.761. The molecule has 0 fully saturated rings. The molecule has 0 saturated heterocycles. The summed E-state index contributed by atoms with van der Waals surface area (Å²) in [4.78, 5) is 12.1. The Kier molecular flexibility index (Phi) is 5.43. The van der Waals surface area contributed by atoms with Gasteiger partial charge in [0.05, 0.1) is 13.4 Å². The summed E-state index contributed by atoms with van der Waals surface area (Å²) in [6.45, 7) is 0.132. The van der Waals surface area contributed by atoms with Gasteiger partial charge >= 0.3 is 0 Å². The van der Waals surface area contributed by atoms with E-state index in [2.05, 4.69) is 10.5 Å². The van der Waals surface area contributed by atoms with Gasteiger partial charge in [-0.3, -0.25) is 4.79 Å². The molecule has 0 spiro atoms. The lowest BCUT2D eigenvalue weighted by atomic mass is 10.2. The zero-order chi connectivity index (χ0) is 17.1. The standard InChI is InChI=1S/C16H12I2N2O4/c17-10-5-9(6-11(18)15(10)21)7-19-20-16(22)14-8-23-12-3-1-2-4-13(12)24-14/h1-7,14,21H,8H2,(H,20,22)/b19-7-/t14-/m0/s1. The van der Waals surface area contributed by atoms with Crippen LogP contribution in [-0.4, -0.2) is 29.9 Å². The molecule has 8 heteroatoms. The molecule has 24 heavy (non-hydrogen) atoms. The van der Waals surface area contributed by atoms with Crippen LogP contribution in [0.1, 0.15) is 5.56 Å². The molecule has 0 radical (unpaired) electrons. The molecule has 0 aromatic heterocycles. The number of aromatic hydroxyl groups is 1. The fraction of sp³-hybridized carbons (Fsp3) is 0.125. The average molecular weight is 550 g/mol. The summed E-state index contributed by atoms with van der Waals surface area (Å²) in [7, 11) is 0. The van der Waals surface area contributed by atoms with Crippen molar-refractivity contribution in [1.29, 1.82) is 0 Å². The molecule has 1 atom stereocenters. The van der Waals surface area contributed by atoms with Crippen molar-refractivity contribution in [2.45, 2.75) is 6.10 Å². The van der Waals surface area contributed by atoms with E-state index in [-0.39, 0.29) is 18.3 Å². The minimum absolute atomic E-state index is 0.132. The third-order valence-corrected chi connectivity index (χ3v) is 4.87. The second-order valence-corrected chi connectivity index (χ2v) is 7.26. The lowest BCUT2D eigenvalue weighted by Crippen LogP contribution is -2.42. The first-order valence-electron chi connectivity index (χ1n) is 6.94. The molecule has 0 unspecified atom stereocenters. The SMILES string of the molecule is O=C(N/N=C\c1cc(I)c(O)c(I)c1)[C@@H]1COc2ccccc2O1. The van der Waals surface area contributed by atoms with E-state index in [1.54, 1.807) is 24.3 Å². The quantitative estimate of drug-likeness (QED) is 0.350. The Morgan fingerprint density at radius 2 is 1.92 bits per heavy atom. The highest BCUT2D eigenvalue weighted by Gasteiger charge is 2.26. The number of carbonyl (C=O) groups is 1. The normalized spacial score (nSPS) is 16.2. The summed E-state index contributed by atoms with van der Waals surface area (Å²) in [5, 5.41) is 13.7. The summed E-state index contributed by atoms with van der Waals surface area (Å²) >= 11 is 4.07. The van der Waals surface area contributed by atoms with Gasteiger partial charge in [-0.1, -0.05) is 12.1 Å². The van der Waals surface area contributed by atoms with Gasteiger partial charge in [-0.25, -0.2) is 5.43 Å². The predicted molar refractivity (Wildman–Crippen MR) is 106 cm³/mol. The molecule has 0 bridgehead atoms. The molecule has 2 N–H and O–H groups in total. The molecule has 1 aliphatic rings. The number of benzene rings is 2. The van der Waals surface area contributed by atoms with Gasteiger partial charge < -0.3 is 14.6 Å². The zero-order valence-corrected chi connectivity index (χ0v) is 16.5. The number of phenols is 1. The molecule has 2 aromatic rings. The molecule has 1 heterocycles. The van der Waals surface area contributed by atoms with Gasteiger partial charge in [0.15, 0.2) is 11.5 Å². The number of ether oxygens (including phenoxy) is 2. The van der Waals surface area contributed by atoms with Gasteiger partial charge in [0.1, 0.15) is 12.4 Å². The van der Waals surface area contributed by atoms with Crippen LogP contribution in [-0.2, 0) is 4.79 Å². The Labute approximate surface area is 165 Å². The van der Waals surface area contributed by atoms with Crippen LogP contribution in [0.4, 0.5) is 0 Å². The number of carbonyl (C=O) groups excluding carboxylic acids is 1. The predicted octanol–water partition coefficient (Wildman–Crippen LogP) is 2.89.